The summed E-state index contributed by atoms with van der Waals surface area (Å²) < 4.78 is 17.0. The number of hydrogen-bond donors (Lipinski definition) is 0. The van der Waals surface area contributed by atoms with Gasteiger partial charge in [0.1, 0.15) is 12.7 Å². The maximum atomic E-state index is 11.8. The quantitative estimate of drug-likeness (QED) is 0.357. The Bertz CT molecular complexity index is 733. The third kappa shape index (κ3) is 5.06. The molecule has 1 aliphatic heterocycles. The van der Waals surface area contributed by atoms with Crippen LogP contribution in [0.3, 0.4) is 0 Å². The van der Waals surface area contributed by atoms with Gasteiger partial charge in [0.15, 0.2) is 0 Å². The minimum absolute atomic E-state index is 0.105. The van der Waals surface area contributed by atoms with Crippen LogP contribution in [0.5, 0.6) is 0 Å². The zero-order valence-corrected chi connectivity index (χ0v) is 19.2. The number of hydrogen-bond acceptors (Lipinski definition) is 4. The smallest absolute Gasteiger partial charge is 0.332 e. The lowest BCUT2D eigenvalue weighted by atomic mass is 9.51. The lowest BCUT2D eigenvalue weighted by Crippen LogP contribution is -2.44. The van der Waals surface area contributed by atoms with Gasteiger partial charge in [0.25, 0.3) is 0 Å². The van der Waals surface area contributed by atoms with Gasteiger partial charge in [-0.25, -0.2) is 4.79 Å². The number of rotatable bonds is 8. The summed E-state index contributed by atoms with van der Waals surface area (Å²) in [5.41, 5.74) is 3.68. The van der Waals surface area contributed by atoms with E-state index in [-0.39, 0.29) is 18.7 Å². The van der Waals surface area contributed by atoms with Crippen molar-refractivity contribution in [1.82, 2.24) is 0 Å². The zero-order valence-electron chi connectivity index (χ0n) is 19.2. The van der Waals surface area contributed by atoms with E-state index in [9.17, 15) is 4.79 Å². The van der Waals surface area contributed by atoms with E-state index in [0.717, 1.165) is 18.4 Å². The molecule has 0 unspecified atom stereocenters. The molecular formula is C27H38O4. The van der Waals surface area contributed by atoms with E-state index in [4.69, 9.17) is 14.2 Å². The monoisotopic (exact) mass is 426 g/mol. The number of carbonyl (C=O) groups excluding carboxylic acids is 1. The van der Waals surface area contributed by atoms with Crippen molar-refractivity contribution in [3.63, 3.8) is 0 Å². The topological polar surface area (TPSA) is 44.8 Å². The maximum absolute atomic E-state index is 11.8. The number of benzene rings is 1. The number of fused-ring (bicyclic) bond motifs is 3. The Hall–Kier alpha value is -1.65. The molecule has 4 heteroatoms. The average molecular weight is 427 g/mol. The Balaban J connectivity index is 1.29. The largest absolute Gasteiger partial charge is 0.430 e. The van der Waals surface area contributed by atoms with Gasteiger partial charge < -0.3 is 14.2 Å². The van der Waals surface area contributed by atoms with Gasteiger partial charge in [-0.1, -0.05) is 57.0 Å². The fraction of sp³-hybridized carbons (Fsp3) is 0.667. The van der Waals surface area contributed by atoms with Crippen molar-refractivity contribution in [3.05, 3.63) is 47.5 Å². The van der Waals surface area contributed by atoms with Crippen LogP contribution in [0.1, 0.15) is 95.3 Å². The van der Waals surface area contributed by atoms with Gasteiger partial charge in [-0.2, -0.15) is 0 Å². The first-order chi connectivity index (χ1) is 15.1. The Morgan fingerprint density at radius 2 is 1.71 bits per heavy atom. The Morgan fingerprint density at radius 3 is 2.29 bits per heavy atom. The second-order valence-corrected chi connectivity index (χ2v) is 9.87. The first kappa shape index (κ1) is 22.5. The van der Waals surface area contributed by atoms with Crippen molar-refractivity contribution in [2.24, 2.45) is 5.41 Å². The second kappa shape index (κ2) is 9.87. The highest BCUT2D eigenvalue weighted by Gasteiger charge is 2.48. The minimum atomic E-state index is -0.624. The summed E-state index contributed by atoms with van der Waals surface area (Å²) in [7, 11) is 0. The molecule has 1 saturated heterocycles. The number of unbranched alkanes of at least 4 members (excludes halogenated alkanes) is 1. The summed E-state index contributed by atoms with van der Waals surface area (Å²) in [5, 5.41) is 0. The van der Waals surface area contributed by atoms with Gasteiger partial charge in [0.05, 0.1) is 6.61 Å². The number of esters is 1. The van der Waals surface area contributed by atoms with E-state index in [1.807, 2.05) is 6.08 Å². The zero-order chi connectivity index (χ0) is 21.7. The van der Waals surface area contributed by atoms with E-state index in [1.54, 1.807) is 0 Å². The molecule has 1 heterocycles. The molecule has 31 heavy (non-hydrogen) atoms. The fourth-order valence-electron chi connectivity index (χ4n) is 5.91. The molecule has 3 saturated carbocycles. The summed E-state index contributed by atoms with van der Waals surface area (Å²) in [6.45, 7) is 5.07. The predicted molar refractivity (Wildman–Crippen MR) is 122 cm³/mol. The lowest BCUT2D eigenvalue weighted by Gasteiger charge is -2.54. The summed E-state index contributed by atoms with van der Waals surface area (Å²) in [4.78, 5) is 11.8. The van der Waals surface area contributed by atoms with Gasteiger partial charge in [-0.3, -0.25) is 0 Å². The van der Waals surface area contributed by atoms with Crippen LogP contribution in [0.2, 0.25) is 0 Å². The van der Waals surface area contributed by atoms with Crippen LogP contribution in [0.25, 0.3) is 0 Å². The van der Waals surface area contributed by atoms with Crippen molar-refractivity contribution < 1.29 is 19.0 Å². The molecule has 170 valence electrons. The number of allylic oxidation sites excluding steroid dienone is 1. The molecule has 1 aromatic rings. The molecule has 4 fully saturated rings. The molecule has 3 aliphatic carbocycles. The number of ether oxygens (including phenoxy) is 3. The van der Waals surface area contributed by atoms with Crippen LogP contribution in [0.15, 0.2) is 36.4 Å². The van der Waals surface area contributed by atoms with Crippen molar-refractivity contribution in [2.45, 2.75) is 95.9 Å². The van der Waals surface area contributed by atoms with Crippen molar-refractivity contribution in [1.29, 1.82) is 0 Å². The van der Waals surface area contributed by atoms with E-state index >= 15 is 0 Å². The van der Waals surface area contributed by atoms with Crippen molar-refractivity contribution >= 4 is 5.97 Å². The van der Waals surface area contributed by atoms with Crippen LogP contribution >= 0.6 is 0 Å². The van der Waals surface area contributed by atoms with Gasteiger partial charge in [-0.15, -0.1) is 0 Å². The molecule has 0 N–H and O–H groups in total. The summed E-state index contributed by atoms with van der Waals surface area (Å²) in [6.07, 6.45) is 15.4. The van der Waals surface area contributed by atoms with Crippen LogP contribution in [-0.4, -0.2) is 25.5 Å². The van der Waals surface area contributed by atoms with Crippen LogP contribution in [-0.2, 0) is 24.4 Å². The third-order valence-electron chi connectivity index (χ3n) is 7.90. The van der Waals surface area contributed by atoms with E-state index < -0.39 is 6.29 Å². The molecule has 0 radical (unpaired) electrons. The van der Waals surface area contributed by atoms with E-state index in [1.165, 1.54) is 63.0 Å². The highest BCUT2D eigenvalue weighted by Crippen LogP contribution is 2.59. The number of carbonyl (C=O) groups is 1. The molecular weight excluding hydrogens is 388 g/mol. The Kier molecular flexibility index (Phi) is 7.18. The molecule has 4 nitrogen and oxygen atoms in total. The predicted octanol–water partition coefficient (Wildman–Crippen LogP) is 6.39. The highest BCUT2D eigenvalue weighted by molar-refractivity contribution is 5.81. The molecule has 0 amide bonds. The highest BCUT2D eigenvalue weighted by atomic mass is 16.7. The lowest BCUT2D eigenvalue weighted by molar-refractivity contribution is -0.230. The van der Waals surface area contributed by atoms with Gasteiger partial charge in [0.2, 0.25) is 6.29 Å². The molecule has 0 spiro atoms. The van der Waals surface area contributed by atoms with Gasteiger partial charge >= 0.3 is 5.97 Å². The molecule has 4 aliphatic rings. The first-order valence-electron chi connectivity index (χ1n) is 12.3. The van der Waals surface area contributed by atoms with E-state index in [0.29, 0.717) is 17.4 Å². The standard InChI is InChI=1S/C27H38O4/c1-3-5-6-7-24(28)31-25-20-29-23(19-30-25)21-8-10-22(11-9-21)27-16-13-26(12-4-2,14-17-27)15-18-27/h6-11,23,25H,3-5,12-20H2,1-2H3/b7-6+/t23-,25-,26?,27?/m1/s1. The summed E-state index contributed by atoms with van der Waals surface area (Å²) in [5.74, 6) is -0.368. The summed E-state index contributed by atoms with van der Waals surface area (Å²) in [6, 6.07) is 9.06. The van der Waals surface area contributed by atoms with E-state index in [2.05, 4.69) is 38.1 Å². The molecule has 2 atom stereocenters. The van der Waals surface area contributed by atoms with Crippen LogP contribution in [0, 0.1) is 5.41 Å². The van der Waals surface area contributed by atoms with Gasteiger partial charge in [-0.05, 0) is 73.3 Å². The van der Waals surface area contributed by atoms with Crippen LogP contribution < -0.4 is 0 Å². The van der Waals surface area contributed by atoms with Crippen molar-refractivity contribution in [2.75, 3.05) is 13.2 Å². The molecule has 2 bridgehead atoms. The van der Waals surface area contributed by atoms with Crippen LogP contribution in [0.4, 0.5) is 0 Å². The summed E-state index contributed by atoms with van der Waals surface area (Å²) >= 11 is 0. The third-order valence-corrected chi connectivity index (χ3v) is 7.90. The second-order valence-electron chi connectivity index (χ2n) is 9.87. The molecule has 0 aromatic heterocycles. The fourth-order valence-corrected chi connectivity index (χ4v) is 5.91. The first-order valence-corrected chi connectivity index (χ1v) is 12.3. The Morgan fingerprint density at radius 1 is 1.00 bits per heavy atom. The SMILES string of the molecule is CCC/C=C/C(=O)O[C@@H]1CO[C@@H](c2ccc(C34CCC(CCC)(CC3)CC4)cc2)CO1. The maximum Gasteiger partial charge on any atom is 0.332 e. The van der Waals surface area contributed by atoms with Gasteiger partial charge in [0, 0.05) is 6.08 Å². The normalized spacial score (nSPS) is 33.0. The molecule has 5 rings (SSSR count). The minimum Gasteiger partial charge on any atom is -0.430 e. The van der Waals surface area contributed by atoms with Crippen molar-refractivity contribution in [3.8, 4) is 0 Å². The Labute approximate surface area is 187 Å². The molecule has 1 aromatic carbocycles. The average Bonchev–Trinajstić information content (AvgIpc) is 2.81.